The number of esters is 1. The number of piperazine rings is 1. The van der Waals surface area contributed by atoms with Crippen LogP contribution in [0.25, 0.3) is 11.1 Å². The first-order valence-electron chi connectivity index (χ1n) is 19.1. The molecule has 5 aromatic rings. The lowest BCUT2D eigenvalue weighted by Crippen LogP contribution is -2.60. The molecule has 2 atom stereocenters. The molecule has 8 rings (SSSR count). The van der Waals surface area contributed by atoms with Gasteiger partial charge < -0.3 is 24.4 Å². The molecule has 1 aliphatic carbocycles. The van der Waals surface area contributed by atoms with Gasteiger partial charge in [0.05, 0.1) is 25.7 Å². The number of benzene rings is 5. The summed E-state index contributed by atoms with van der Waals surface area (Å²) < 4.78 is 17.9. The Morgan fingerprint density at radius 1 is 0.768 bits per heavy atom. The molecule has 0 saturated carbocycles. The predicted octanol–water partition coefficient (Wildman–Crippen LogP) is 7.32. The predicted molar refractivity (Wildman–Crippen MR) is 214 cm³/mol. The summed E-state index contributed by atoms with van der Waals surface area (Å²) in [5.41, 5.74) is 5.83. The molecule has 10 heteroatoms. The molecule has 1 N–H and O–H groups in total. The van der Waals surface area contributed by atoms with Crippen molar-refractivity contribution in [3.05, 3.63) is 166 Å². The van der Waals surface area contributed by atoms with E-state index >= 15 is 0 Å². The molecule has 2 aliphatic heterocycles. The van der Waals surface area contributed by atoms with Crippen LogP contribution in [0.5, 0.6) is 0 Å². The number of alkyl carbamates (subject to hydrolysis) is 1. The van der Waals surface area contributed by atoms with E-state index in [4.69, 9.17) is 25.8 Å². The Balaban J connectivity index is 1.07. The first-order valence-corrected chi connectivity index (χ1v) is 19.5. The van der Waals surface area contributed by atoms with E-state index in [0.717, 1.165) is 27.8 Å². The van der Waals surface area contributed by atoms with Crippen molar-refractivity contribution in [3.8, 4) is 11.1 Å². The van der Waals surface area contributed by atoms with Gasteiger partial charge in [0.2, 0.25) is 5.91 Å². The van der Waals surface area contributed by atoms with E-state index in [1.54, 1.807) is 11.0 Å². The highest BCUT2D eigenvalue weighted by molar-refractivity contribution is 6.31. The summed E-state index contributed by atoms with van der Waals surface area (Å²) in [6.07, 6.45) is -1.23. The third kappa shape index (κ3) is 7.42. The van der Waals surface area contributed by atoms with Gasteiger partial charge in [-0.25, -0.2) is 4.79 Å². The van der Waals surface area contributed by atoms with Gasteiger partial charge in [-0.15, -0.1) is 0 Å². The molecule has 0 aromatic heterocycles. The molecular weight excluding hydrogens is 726 g/mol. The summed E-state index contributed by atoms with van der Waals surface area (Å²) in [7, 11) is 0. The van der Waals surface area contributed by atoms with E-state index in [9.17, 15) is 14.4 Å². The van der Waals surface area contributed by atoms with Gasteiger partial charge in [-0.2, -0.15) is 0 Å². The lowest BCUT2D eigenvalue weighted by atomic mass is 9.79. The quantitative estimate of drug-likeness (QED) is 0.111. The smallest absolute Gasteiger partial charge is 0.407 e. The molecule has 5 aromatic carbocycles. The molecule has 2 amide bonds. The molecule has 0 radical (unpaired) electrons. The van der Waals surface area contributed by atoms with Crippen LogP contribution in [0.1, 0.15) is 45.7 Å². The molecule has 2 heterocycles. The van der Waals surface area contributed by atoms with Crippen LogP contribution in [-0.2, 0) is 29.4 Å². The Bertz CT molecular complexity index is 2160. The molecule has 2 fully saturated rings. The Hall–Kier alpha value is -5.48. The van der Waals surface area contributed by atoms with Gasteiger partial charge in [0.15, 0.2) is 5.60 Å². The summed E-state index contributed by atoms with van der Waals surface area (Å²) in [6, 6.07) is 39.7. The van der Waals surface area contributed by atoms with Crippen LogP contribution in [0.15, 0.2) is 127 Å². The number of hydrogen-bond donors (Lipinski definition) is 1. The maximum absolute atomic E-state index is 14.5. The highest BCUT2D eigenvalue weighted by Crippen LogP contribution is 2.45. The van der Waals surface area contributed by atoms with E-state index in [-0.39, 0.29) is 18.4 Å². The Morgan fingerprint density at radius 2 is 1.36 bits per heavy atom. The lowest BCUT2D eigenvalue weighted by molar-refractivity contribution is -0.156. The van der Waals surface area contributed by atoms with Gasteiger partial charge in [0.25, 0.3) is 0 Å². The van der Waals surface area contributed by atoms with Crippen molar-refractivity contribution in [2.45, 2.75) is 36.9 Å². The Morgan fingerprint density at radius 3 is 1.98 bits per heavy atom. The van der Waals surface area contributed by atoms with Crippen LogP contribution < -0.4 is 5.32 Å². The van der Waals surface area contributed by atoms with Crippen LogP contribution >= 0.6 is 11.6 Å². The Kier molecular flexibility index (Phi) is 10.9. The van der Waals surface area contributed by atoms with Gasteiger partial charge in [0.1, 0.15) is 12.6 Å². The molecule has 3 aliphatic rings. The van der Waals surface area contributed by atoms with Crippen LogP contribution in [0.2, 0.25) is 5.02 Å². The second-order valence-electron chi connectivity index (χ2n) is 14.6. The minimum Gasteiger partial charge on any atom is -0.449 e. The molecule has 9 nitrogen and oxygen atoms in total. The van der Waals surface area contributed by atoms with Crippen molar-refractivity contribution in [2.75, 3.05) is 46.0 Å². The van der Waals surface area contributed by atoms with E-state index in [2.05, 4.69) is 22.3 Å². The number of amides is 2. The number of fused-ring (bicyclic) bond motifs is 3. The number of nitrogens with zero attached hydrogens (tertiary/aromatic N) is 2. The zero-order valence-corrected chi connectivity index (χ0v) is 32.0. The molecule has 0 spiro atoms. The standard InChI is InChI=1S/C46H44ClN3O6/c1-31-19-21-33(22-20-31)46(32-11-3-2-4-12-32,40-17-9-10-18-41(40)47)56-43(51)27-42(44(52)50-25-23-49(24-26-50)34-28-54-29-34)48-45(53)55-30-39-37-15-7-5-13-35(37)36-14-6-8-16-38(36)39/h2-22,34,39,42H,23-30H2,1H3,(H,48,53)/t42-,46?/m0/s1. The molecule has 286 valence electrons. The van der Waals surface area contributed by atoms with Crippen molar-refractivity contribution >= 4 is 29.6 Å². The van der Waals surface area contributed by atoms with Crippen LogP contribution in [0.4, 0.5) is 4.79 Å². The monoisotopic (exact) mass is 769 g/mol. The molecule has 0 bridgehead atoms. The number of rotatable bonds is 11. The molecular formula is C46H44ClN3O6. The number of carbonyl (C=O) groups is 3. The van der Waals surface area contributed by atoms with E-state index in [1.165, 1.54) is 0 Å². The summed E-state index contributed by atoms with van der Waals surface area (Å²) in [4.78, 5) is 46.6. The average Bonchev–Trinajstić information content (AvgIpc) is 3.52. The third-order valence-corrected chi connectivity index (χ3v) is 11.6. The first kappa shape index (κ1) is 37.4. The van der Waals surface area contributed by atoms with Crippen molar-refractivity contribution in [3.63, 3.8) is 0 Å². The second-order valence-corrected chi connectivity index (χ2v) is 15.1. The number of nitrogens with one attached hydrogen (secondary N) is 1. The van der Waals surface area contributed by atoms with E-state index in [0.29, 0.717) is 67.1 Å². The van der Waals surface area contributed by atoms with Gasteiger partial charge in [0, 0.05) is 53.8 Å². The number of carbonyl (C=O) groups excluding carboxylic acids is 3. The van der Waals surface area contributed by atoms with E-state index < -0.39 is 30.1 Å². The van der Waals surface area contributed by atoms with Crippen molar-refractivity contribution in [1.29, 1.82) is 0 Å². The average molecular weight is 770 g/mol. The third-order valence-electron chi connectivity index (χ3n) is 11.2. The van der Waals surface area contributed by atoms with Gasteiger partial charge in [-0.1, -0.05) is 138 Å². The normalized spacial score (nSPS) is 17.1. The fourth-order valence-corrected chi connectivity index (χ4v) is 8.45. The molecule has 2 saturated heterocycles. The van der Waals surface area contributed by atoms with Gasteiger partial charge in [-0.05, 0) is 35.2 Å². The Labute approximate surface area is 332 Å². The fraction of sp³-hybridized carbons (Fsp3) is 0.283. The zero-order valence-electron chi connectivity index (χ0n) is 31.2. The maximum Gasteiger partial charge on any atom is 0.407 e. The zero-order chi connectivity index (χ0) is 38.6. The minimum absolute atomic E-state index is 0.0599. The van der Waals surface area contributed by atoms with Crippen molar-refractivity contribution < 1.29 is 28.6 Å². The number of halogens is 1. The van der Waals surface area contributed by atoms with Crippen LogP contribution in [-0.4, -0.2) is 85.9 Å². The number of hydrogen-bond acceptors (Lipinski definition) is 7. The first-order chi connectivity index (χ1) is 27.3. The summed E-state index contributed by atoms with van der Waals surface area (Å²) >= 11 is 6.91. The number of ether oxygens (including phenoxy) is 3. The topological polar surface area (TPSA) is 97.4 Å². The van der Waals surface area contributed by atoms with Gasteiger partial charge >= 0.3 is 12.1 Å². The largest absolute Gasteiger partial charge is 0.449 e. The molecule has 56 heavy (non-hydrogen) atoms. The highest BCUT2D eigenvalue weighted by atomic mass is 35.5. The minimum atomic E-state index is -1.47. The lowest BCUT2D eigenvalue weighted by Gasteiger charge is -2.43. The summed E-state index contributed by atoms with van der Waals surface area (Å²) in [5, 5.41) is 3.19. The highest BCUT2D eigenvalue weighted by Gasteiger charge is 2.43. The van der Waals surface area contributed by atoms with Crippen LogP contribution in [0.3, 0.4) is 0 Å². The van der Waals surface area contributed by atoms with Crippen molar-refractivity contribution in [2.24, 2.45) is 0 Å². The number of aryl methyl sites for hydroxylation is 1. The van der Waals surface area contributed by atoms with E-state index in [1.807, 2.05) is 116 Å². The SMILES string of the molecule is Cc1ccc(C(OC(=O)C[C@H](NC(=O)OCC2c3ccccc3-c3ccccc32)C(=O)N2CCN(C3COC3)CC2)(c2ccccc2)c2ccccc2Cl)cc1. The van der Waals surface area contributed by atoms with Crippen LogP contribution in [0, 0.1) is 6.92 Å². The molecule has 1 unspecified atom stereocenters. The summed E-state index contributed by atoms with van der Waals surface area (Å²) in [5.74, 6) is -1.25. The maximum atomic E-state index is 14.5. The van der Waals surface area contributed by atoms with Crippen molar-refractivity contribution in [1.82, 2.24) is 15.1 Å². The fourth-order valence-electron chi connectivity index (χ4n) is 8.18. The van der Waals surface area contributed by atoms with Gasteiger partial charge in [-0.3, -0.25) is 14.5 Å². The summed E-state index contributed by atoms with van der Waals surface area (Å²) in [6.45, 7) is 5.64. The second kappa shape index (κ2) is 16.3.